The molecule has 2 heterocycles. The van der Waals surface area contributed by atoms with Gasteiger partial charge in [0.05, 0.1) is 17.7 Å². The molecule has 0 radical (unpaired) electrons. The topological polar surface area (TPSA) is 293 Å². The van der Waals surface area contributed by atoms with Crippen molar-refractivity contribution in [1.29, 1.82) is 0 Å². The van der Waals surface area contributed by atoms with Crippen LogP contribution in [0.5, 0.6) is 0 Å². The number of likely N-dealkylation sites (tertiary alicyclic amines) is 1. The van der Waals surface area contributed by atoms with Gasteiger partial charge in [-0.15, -0.1) is 0 Å². The normalized spacial score (nSPS) is 19.0. The first-order chi connectivity index (χ1) is 30.3. The molecule has 0 spiro atoms. The molecule has 2 saturated carbocycles. The standard InChI is InChI=1S/C45H66N8O11/c1-5-6-13-21-48-41(60)33(55)19-18-31(49-38(57)29-20-22-47-24-30(29)44(63)64)39(58)52-36(45(2,3)4)43(62)53-25-28(54)23-32(53)40(59)51-35(27-16-11-8-12-17-27)42(61)50-34(37(46)56)26-14-9-7-10-15-26/h20,22,24,26-27,31-32,34-36H,5-19,21,23,25H2,1-4H3,(H2,46,56)(H,48,60)(H,49,57)(H,50,61)(H,51,59)(H,52,58)(H,63,64)/t31?,32-,34?,35?,36?/m0/s1. The predicted molar refractivity (Wildman–Crippen MR) is 232 cm³/mol. The van der Waals surface area contributed by atoms with Crippen LogP contribution in [0.25, 0.3) is 0 Å². The largest absolute Gasteiger partial charge is 0.478 e. The summed E-state index contributed by atoms with van der Waals surface area (Å²) in [6, 6.07) is -5.26. The molecule has 3 fully saturated rings. The Bertz CT molecular complexity index is 1900. The van der Waals surface area contributed by atoms with Gasteiger partial charge >= 0.3 is 5.97 Å². The third kappa shape index (κ3) is 14.1. The van der Waals surface area contributed by atoms with Gasteiger partial charge in [-0.2, -0.15) is 0 Å². The number of nitrogens with one attached hydrogen (secondary N) is 5. The fourth-order valence-electron chi connectivity index (χ4n) is 8.79. The van der Waals surface area contributed by atoms with E-state index in [9.17, 15) is 53.1 Å². The summed E-state index contributed by atoms with van der Waals surface area (Å²) in [5, 5.41) is 23.0. The van der Waals surface area contributed by atoms with Gasteiger partial charge < -0.3 is 42.3 Å². The summed E-state index contributed by atoms with van der Waals surface area (Å²) in [7, 11) is 0. The molecule has 7 amide bonds. The van der Waals surface area contributed by atoms with Crippen molar-refractivity contribution in [3.05, 3.63) is 29.6 Å². The fraction of sp³-hybridized carbons (Fsp3) is 0.667. The molecule has 1 aromatic rings. The predicted octanol–water partition coefficient (Wildman–Crippen LogP) is 1.85. The van der Waals surface area contributed by atoms with E-state index in [4.69, 9.17) is 5.73 Å². The molecule has 2 aliphatic carbocycles. The van der Waals surface area contributed by atoms with Crippen LogP contribution in [0.2, 0.25) is 0 Å². The highest BCUT2D eigenvalue weighted by molar-refractivity contribution is 6.36. The van der Waals surface area contributed by atoms with Gasteiger partial charge in [0, 0.05) is 31.8 Å². The molecule has 1 aliphatic heterocycles. The number of nitrogens with two attached hydrogens (primary N) is 1. The first-order valence-corrected chi connectivity index (χ1v) is 22.7. The summed E-state index contributed by atoms with van der Waals surface area (Å²) >= 11 is 0. The molecule has 0 bridgehead atoms. The molecule has 64 heavy (non-hydrogen) atoms. The van der Waals surface area contributed by atoms with Crippen molar-refractivity contribution in [2.45, 2.75) is 161 Å². The second kappa shape index (κ2) is 23.8. The number of aromatic carboxylic acids is 1. The summed E-state index contributed by atoms with van der Waals surface area (Å²) < 4.78 is 0. The van der Waals surface area contributed by atoms with E-state index in [-0.39, 0.29) is 30.4 Å². The zero-order valence-corrected chi connectivity index (χ0v) is 37.5. The van der Waals surface area contributed by atoms with Gasteiger partial charge in [0.15, 0.2) is 5.78 Å². The summed E-state index contributed by atoms with van der Waals surface area (Å²) in [4.78, 5) is 138. The van der Waals surface area contributed by atoms with Gasteiger partial charge in [-0.05, 0) is 61.8 Å². The molecule has 19 heteroatoms. The lowest BCUT2D eigenvalue weighted by molar-refractivity contribution is -0.145. The van der Waals surface area contributed by atoms with Gasteiger partial charge in [0.1, 0.15) is 30.2 Å². The minimum absolute atomic E-state index is 0.144. The van der Waals surface area contributed by atoms with Crippen LogP contribution in [-0.4, -0.2) is 117 Å². The van der Waals surface area contributed by atoms with Gasteiger partial charge in [0.25, 0.3) is 11.8 Å². The van der Waals surface area contributed by atoms with Crippen molar-refractivity contribution in [3.8, 4) is 0 Å². The fourth-order valence-corrected chi connectivity index (χ4v) is 8.79. The Labute approximate surface area is 373 Å². The number of carboxylic acid groups (broad SMARTS) is 1. The maximum Gasteiger partial charge on any atom is 0.338 e. The van der Waals surface area contributed by atoms with Gasteiger partial charge in [-0.1, -0.05) is 79.1 Å². The Kier molecular flexibility index (Phi) is 18.9. The number of rotatable bonds is 21. The van der Waals surface area contributed by atoms with E-state index in [2.05, 4.69) is 31.6 Å². The highest BCUT2D eigenvalue weighted by Gasteiger charge is 2.46. The number of unbranched alkanes of at least 4 members (excludes halogenated alkanes) is 2. The smallest absolute Gasteiger partial charge is 0.338 e. The number of Topliss-reactive ketones (excluding diaryl/α,β-unsaturated/α-hetero) is 2. The minimum Gasteiger partial charge on any atom is -0.478 e. The van der Waals surface area contributed by atoms with Crippen molar-refractivity contribution in [2.24, 2.45) is 23.0 Å². The number of amides is 7. The maximum absolute atomic E-state index is 14.6. The first-order valence-electron chi connectivity index (χ1n) is 22.7. The van der Waals surface area contributed by atoms with Crippen molar-refractivity contribution in [2.75, 3.05) is 13.1 Å². The highest BCUT2D eigenvalue weighted by Crippen LogP contribution is 2.30. The second-order valence-corrected chi connectivity index (χ2v) is 18.4. The zero-order valence-electron chi connectivity index (χ0n) is 37.5. The molecule has 5 atom stereocenters. The van der Waals surface area contributed by atoms with E-state index in [0.29, 0.717) is 19.3 Å². The van der Waals surface area contributed by atoms with E-state index < -0.39 is 119 Å². The number of carboxylic acids is 1. The number of carbonyl (C=O) groups is 10. The van der Waals surface area contributed by atoms with Crippen LogP contribution in [0.3, 0.4) is 0 Å². The van der Waals surface area contributed by atoms with Crippen LogP contribution < -0.4 is 32.3 Å². The minimum atomic E-state index is -1.58. The molecule has 4 rings (SSSR count). The van der Waals surface area contributed by atoms with Gasteiger partial charge in [0.2, 0.25) is 35.3 Å². The molecule has 1 aromatic heterocycles. The SMILES string of the molecule is CCCCCNC(=O)C(=O)CCC(NC(=O)c1ccncc1C(=O)O)C(=O)NC(C(=O)N1CC(=O)C[C@H]1C(=O)NC(C(=O)NC(C(N)=O)C1CCCCC1)C1CCCCC1)C(C)(C)C. The maximum atomic E-state index is 14.6. The Morgan fingerprint density at radius 1 is 0.828 bits per heavy atom. The average Bonchev–Trinajstić information content (AvgIpc) is 3.67. The Morgan fingerprint density at radius 2 is 1.45 bits per heavy atom. The third-order valence-electron chi connectivity index (χ3n) is 12.5. The third-order valence-corrected chi connectivity index (χ3v) is 12.5. The second-order valence-electron chi connectivity index (χ2n) is 18.4. The number of ketones is 2. The van der Waals surface area contributed by atoms with Crippen molar-refractivity contribution < 1.29 is 53.1 Å². The molecular weight excluding hydrogens is 829 g/mol. The number of hydrogen-bond acceptors (Lipinski definition) is 11. The monoisotopic (exact) mass is 894 g/mol. The Hall–Kier alpha value is -5.75. The van der Waals surface area contributed by atoms with Crippen molar-refractivity contribution >= 4 is 58.9 Å². The van der Waals surface area contributed by atoms with Crippen LogP contribution in [0.4, 0.5) is 0 Å². The number of primary amides is 1. The number of nitrogens with zero attached hydrogens (tertiary/aromatic N) is 2. The lowest BCUT2D eigenvalue weighted by Crippen LogP contribution is -2.62. The average molecular weight is 895 g/mol. The van der Waals surface area contributed by atoms with E-state index >= 15 is 0 Å². The van der Waals surface area contributed by atoms with Crippen molar-refractivity contribution in [3.63, 3.8) is 0 Å². The summed E-state index contributed by atoms with van der Waals surface area (Å²) in [6.45, 7) is 6.65. The highest BCUT2D eigenvalue weighted by atomic mass is 16.4. The number of aromatic nitrogens is 1. The van der Waals surface area contributed by atoms with Crippen LogP contribution in [-0.2, 0) is 38.4 Å². The zero-order chi connectivity index (χ0) is 47.1. The molecule has 3 aliphatic rings. The number of pyridine rings is 1. The van der Waals surface area contributed by atoms with E-state index in [0.717, 1.165) is 81.4 Å². The van der Waals surface area contributed by atoms with E-state index in [1.54, 1.807) is 20.8 Å². The Balaban J connectivity index is 1.57. The number of hydrogen-bond donors (Lipinski definition) is 7. The first kappa shape index (κ1) is 50.9. The molecule has 4 unspecified atom stereocenters. The van der Waals surface area contributed by atoms with Crippen LogP contribution in [0.15, 0.2) is 18.5 Å². The van der Waals surface area contributed by atoms with Crippen LogP contribution in [0, 0.1) is 17.3 Å². The molecule has 19 nitrogen and oxygen atoms in total. The van der Waals surface area contributed by atoms with Crippen LogP contribution in [0.1, 0.15) is 151 Å². The lowest BCUT2D eigenvalue weighted by Gasteiger charge is -2.37. The van der Waals surface area contributed by atoms with Gasteiger partial charge in [-0.3, -0.25) is 48.1 Å². The van der Waals surface area contributed by atoms with E-state index in [1.165, 1.54) is 6.20 Å². The summed E-state index contributed by atoms with van der Waals surface area (Å²) in [5.41, 5.74) is 3.89. The lowest BCUT2D eigenvalue weighted by atomic mass is 9.81. The molecule has 8 N–H and O–H groups in total. The molecule has 0 aromatic carbocycles. The molecular formula is C45H66N8O11. The van der Waals surface area contributed by atoms with E-state index in [1.807, 2.05) is 6.92 Å². The quantitative estimate of drug-likeness (QED) is 0.0688. The molecule has 352 valence electrons. The Morgan fingerprint density at radius 3 is 2.03 bits per heavy atom. The van der Waals surface area contributed by atoms with Crippen molar-refractivity contribution in [1.82, 2.24) is 36.5 Å². The summed E-state index contributed by atoms with van der Waals surface area (Å²) in [5.74, 6) is -8.87. The summed E-state index contributed by atoms with van der Waals surface area (Å²) in [6.07, 6.45) is 11.3. The number of carbonyl (C=O) groups excluding carboxylic acids is 9. The molecule has 1 saturated heterocycles. The van der Waals surface area contributed by atoms with Gasteiger partial charge in [-0.25, -0.2) is 4.79 Å². The van der Waals surface area contributed by atoms with Crippen LogP contribution >= 0.6 is 0 Å².